The van der Waals surface area contributed by atoms with E-state index < -0.39 is 6.04 Å². The number of fused-ring (bicyclic) bond motifs is 1. The lowest BCUT2D eigenvalue weighted by atomic mass is 10.3. The van der Waals surface area contributed by atoms with Gasteiger partial charge in [0.15, 0.2) is 5.65 Å². The van der Waals surface area contributed by atoms with Crippen molar-refractivity contribution < 1.29 is 9.21 Å². The molecule has 8 heteroatoms. The highest BCUT2D eigenvalue weighted by Crippen LogP contribution is 2.16. The van der Waals surface area contributed by atoms with Crippen LogP contribution in [-0.2, 0) is 11.3 Å². The van der Waals surface area contributed by atoms with Crippen molar-refractivity contribution in [2.24, 2.45) is 0 Å². The molecule has 108 valence electrons. The molecular weight excluding hydrogens is 272 g/mol. The molecule has 8 nitrogen and oxygen atoms in total. The van der Waals surface area contributed by atoms with Crippen molar-refractivity contribution in [3.63, 3.8) is 0 Å². The van der Waals surface area contributed by atoms with E-state index in [2.05, 4.69) is 30.8 Å². The van der Waals surface area contributed by atoms with E-state index >= 15 is 0 Å². The lowest BCUT2D eigenvalue weighted by Gasteiger charge is -2.14. The SMILES string of the molecule is CC(Nc1ncnc2[nH]ncc12)C(=O)NCc1ccco1. The van der Waals surface area contributed by atoms with Gasteiger partial charge in [0.1, 0.15) is 23.9 Å². The summed E-state index contributed by atoms with van der Waals surface area (Å²) in [6.45, 7) is 2.11. The number of amides is 1. The maximum Gasteiger partial charge on any atom is 0.242 e. The van der Waals surface area contributed by atoms with E-state index in [1.54, 1.807) is 31.5 Å². The Morgan fingerprint density at radius 2 is 2.38 bits per heavy atom. The second-order valence-corrected chi connectivity index (χ2v) is 4.52. The molecule has 1 amide bonds. The van der Waals surface area contributed by atoms with E-state index in [1.807, 2.05) is 0 Å². The Morgan fingerprint density at radius 1 is 1.48 bits per heavy atom. The predicted molar refractivity (Wildman–Crippen MR) is 75.3 cm³/mol. The summed E-state index contributed by atoms with van der Waals surface area (Å²) in [6.07, 6.45) is 4.60. The first-order valence-corrected chi connectivity index (χ1v) is 6.45. The number of aromatic amines is 1. The smallest absolute Gasteiger partial charge is 0.242 e. The van der Waals surface area contributed by atoms with E-state index in [0.29, 0.717) is 23.8 Å². The molecule has 0 fully saturated rings. The quantitative estimate of drug-likeness (QED) is 0.647. The van der Waals surface area contributed by atoms with Crippen LogP contribution in [0, 0.1) is 0 Å². The number of carbonyl (C=O) groups excluding carboxylic acids is 1. The van der Waals surface area contributed by atoms with E-state index in [1.165, 1.54) is 6.33 Å². The van der Waals surface area contributed by atoms with Gasteiger partial charge in [-0.2, -0.15) is 5.10 Å². The largest absolute Gasteiger partial charge is 0.467 e. The molecule has 0 bridgehead atoms. The van der Waals surface area contributed by atoms with Crippen LogP contribution in [0.5, 0.6) is 0 Å². The number of anilines is 1. The molecule has 0 aromatic carbocycles. The minimum absolute atomic E-state index is 0.151. The third-order valence-electron chi connectivity index (χ3n) is 3.01. The predicted octanol–water partition coefficient (Wildman–Crippen LogP) is 1.06. The van der Waals surface area contributed by atoms with Crippen molar-refractivity contribution in [3.8, 4) is 0 Å². The Labute approximate surface area is 120 Å². The summed E-state index contributed by atoms with van der Waals surface area (Å²) < 4.78 is 5.16. The first kappa shape index (κ1) is 13.1. The van der Waals surface area contributed by atoms with Gasteiger partial charge in [0.2, 0.25) is 5.91 Å². The molecule has 3 rings (SSSR count). The van der Waals surface area contributed by atoms with Crippen LogP contribution in [0.25, 0.3) is 11.0 Å². The number of furan rings is 1. The molecule has 0 spiro atoms. The van der Waals surface area contributed by atoms with Gasteiger partial charge in [-0.3, -0.25) is 9.89 Å². The highest BCUT2D eigenvalue weighted by atomic mass is 16.3. The number of aromatic nitrogens is 4. The molecule has 0 aliphatic rings. The van der Waals surface area contributed by atoms with E-state index in [9.17, 15) is 4.79 Å². The zero-order valence-electron chi connectivity index (χ0n) is 11.3. The molecule has 3 aromatic rings. The summed E-state index contributed by atoms with van der Waals surface area (Å²) in [7, 11) is 0. The van der Waals surface area contributed by atoms with Gasteiger partial charge in [0, 0.05) is 0 Å². The van der Waals surface area contributed by atoms with Gasteiger partial charge >= 0.3 is 0 Å². The fourth-order valence-electron chi connectivity index (χ4n) is 1.89. The van der Waals surface area contributed by atoms with Crippen LogP contribution in [0.1, 0.15) is 12.7 Å². The van der Waals surface area contributed by atoms with Crippen LogP contribution in [0.15, 0.2) is 35.3 Å². The third kappa shape index (κ3) is 2.83. The molecule has 1 atom stereocenters. The number of nitrogens with one attached hydrogen (secondary N) is 3. The molecule has 0 saturated heterocycles. The summed E-state index contributed by atoms with van der Waals surface area (Å²) in [5.74, 6) is 1.12. The standard InChI is InChI=1S/C13H14N6O2/c1-8(13(20)14-5-9-3-2-4-21-9)18-11-10-6-17-19-12(10)16-7-15-11/h2-4,6-8H,5H2,1H3,(H,14,20)(H2,15,16,17,18,19). The van der Waals surface area contributed by atoms with Gasteiger partial charge in [-0.25, -0.2) is 9.97 Å². The Balaban J connectivity index is 1.64. The number of carbonyl (C=O) groups is 1. The zero-order valence-corrected chi connectivity index (χ0v) is 11.3. The van der Waals surface area contributed by atoms with Gasteiger partial charge in [-0.05, 0) is 19.1 Å². The lowest BCUT2D eigenvalue weighted by Crippen LogP contribution is -2.37. The van der Waals surface area contributed by atoms with Crippen LogP contribution >= 0.6 is 0 Å². The summed E-state index contributed by atoms with van der Waals surface area (Å²) >= 11 is 0. The Hall–Kier alpha value is -2.90. The van der Waals surface area contributed by atoms with Gasteiger partial charge in [-0.15, -0.1) is 0 Å². The fraction of sp³-hybridized carbons (Fsp3) is 0.231. The van der Waals surface area contributed by atoms with E-state index in [4.69, 9.17) is 4.42 Å². The Morgan fingerprint density at radius 3 is 3.19 bits per heavy atom. The second-order valence-electron chi connectivity index (χ2n) is 4.52. The Bertz CT molecular complexity index is 736. The van der Waals surface area contributed by atoms with Crippen molar-refractivity contribution >= 4 is 22.8 Å². The molecule has 1 unspecified atom stereocenters. The normalized spacial score (nSPS) is 12.2. The van der Waals surface area contributed by atoms with Crippen molar-refractivity contribution in [1.82, 2.24) is 25.5 Å². The molecule has 0 radical (unpaired) electrons. The fourth-order valence-corrected chi connectivity index (χ4v) is 1.89. The zero-order chi connectivity index (χ0) is 14.7. The average molecular weight is 286 g/mol. The van der Waals surface area contributed by atoms with Gasteiger partial charge in [0.05, 0.1) is 24.4 Å². The van der Waals surface area contributed by atoms with Crippen LogP contribution < -0.4 is 10.6 Å². The molecule has 3 aromatic heterocycles. The van der Waals surface area contributed by atoms with E-state index in [-0.39, 0.29) is 5.91 Å². The van der Waals surface area contributed by atoms with Crippen molar-refractivity contribution in [3.05, 3.63) is 36.7 Å². The molecular formula is C13H14N6O2. The van der Waals surface area contributed by atoms with Crippen LogP contribution in [0.2, 0.25) is 0 Å². The summed E-state index contributed by atoms with van der Waals surface area (Å²) in [4.78, 5) is 20.2. The first-order chi connectivity index (χ1) is 10.2. The minimum Gasteiger partial charge on any atom is -0.467 e. The molecule has 0 aliphatic heterocycles. The number of hydrogen-bond acceptors (Lipinski definition) is 6. The van der Waals surface area contributed by atoms with Crippen molar-refractivity contribution in [1.29, 1.82) is 0 Å². The van der Waals surface area contributed by atoms with Crippen LogP contribution in [0.4, 0.5) is 5.82 Å². The average Bonchev–Trinajstić information content (AvgIpc) is 3.16. The monoisotopic (exact) mass is 286 g/mol. The summed E-state index contributed by atoms with van der Waals surface area (Å²) in [5, 5.41) is 13.2. The van der Waals surface area contributed by atoms with Crippen molar-refractivity contribution in [2.45, 2.75) is 19.5 Å². The molecule has 0 saturated carbocycles. The Kier molecular flexibility index (Phi) is 3.50. The van der Waals surface area contributed by atoms with Gasteiger partial charge in [-0.1, -0.05) is 0 Å². The lowest BCUT2D eigenvalue weighted by molar-refractivity contribution is -0.121. The first-order valence-electron chi connectivity index (χ1n) is 6.45. The maximum absolute atomic E-state index is 12.0. The molecule has 0 aliphatic carbocycles. The molecule has 3 heterocycles. The summed E-state index contributed by atoms with van der Waals surface area (Å²) in [6, 6.07) is 3.13. The number of H-pyrrole nitrogens is 1. The third-order valence-corrected chi connectivity index (χ3v) is 3.01. The van der Waals surface area contributed by atoms with Gasteiger partial charge < -0.3 is 15.1 Å². The highest BCUT2D eigenvalue weighted by Gasteiger charge is 2.15. The van der Waals surface area contributed by atoms with Crippen LogP contribution in [0.3, 0.4) is 0 Å². The summed E-state index contributed by atoms with van der Waals surface area (Å²) in [5.41, 5.74) is 0.621. The van der Waals surface area contributed by atoms with Crippen LogP contribution in [-0.4, -0.2) is 32.1 Å². The van der Waals surface area contributed by atoms with E-state index in [0.717, 1.165) is 5.39 Å². The maximum atomic E-state index is 12.0. The topological polar surface area (TPSA) is 109 Å². The van der Waals surface area contributed by atoms with Gasteiger partial charge in [0.25, 0.3) is 0 Å². The number of hydrogen-bond donors (Lipinski definition) is 3. The second kappa shape index (κ2) is 5.61. The van der Waals surface area contributed by atoms with Crippen molar-refractivity contribution in [2.75, 3.05) is 5.32 Å². The molecule has 21 heavy (non-hydrogen) atoms. The molecule has 3 N–H and O–H groups in total. The number of nitrogens with zero attached hydrogens (tertiary/aromatic N) is 3. The number of rotatable bonds is 5. The minimum atomic E-state index is -0.451. The highest BCUT2D eigenvalue weighted by molar-refractivity contribution is 5.89.